The monoisotopic (exact) mass is 312 g/mol. The van der Waals surface area contributed by atoms with Gasteiger partial charge in [-0.2, -0.15) is 0 Å². The molecule has 0 amide bonds. The number of hydrogen-bond acceptors (Lipinski definition) is 2. The molecule has 0 spiro atoms. The molecule has 1 saturated heterocycles. The fraction of sp³-hybridized carbons (Fsp3) is 0.429. The fourth-order valence-electron chi connectivity index (χ4n) is 2.46. The Morgan fingerprint density at radius 1 is 0.957 bits per heavy atom. The summed E-state index contributed by atoms with van der Waals surface area (Å²) in [5.74, 6) is 0.911. The summed E-state index contributed by atoms with van der Waals surface area (Å²) in [4.78, 5) is 0. The molecule has 0 aromatic heterocycles. The Morgan fingerprint density at radius 2 is 1.43 bits per heavy atom. The van der Waals surface area contributed by atoms with Crippen molar-refractivity contribution in [3.63, 3.8) is 0 Å². The third-order valence-electron chi connectivity index (χ3n) is 4.19. The molecule has 23 heavy (non-hydrogen) atoms. The number of benzene rings is 2. The van der Waals surface area contributed by atoms with E-state index in [1.54, 1.807) is 0 Å². The van der Waals surface area contributed by atoms with Crippen molar-refractivity contribution in [3.8, 4) is 5.75 Å². The van der Waals surface area contributed by atoms with Gasteiger partial charge >= 0.3 is 0 Å². The summed E-state index contributed by atoms with van der Waals surface area (Å²) < 4.78 is 10.8. The molecule has 2 nitrogen and oxygen atoms in total. The molecule has 0 aliphatic carbocycles. The van der Waals surface area contributed by atoms with Gasteiger partial charge in [0.1, 0.15) is 18.5 Å². The molecular formula is C21H28O2. The molecule has 2 heteroatoms. The molecule has 124 valence electrons. The summed E-state index contributed by atoms with van der Waals surface area (Å²) in [5, 5.41) is 0. The lowest BCUT2D eigenvalue weighted by molar-refractivity contribution is 0.263. The van der Waals surface area contributed by atoms with Gasteiger partial charge in [-0.1, -0.05) is 69.7 Å². The van der Waals surface area contributed by atoms with Gasteiger partial charge < -0.3 is 9.47 Å². The first kappa shape index (κ1) is 17.6. The van der Waals surface area contributed by atoms with E-state index in [9.17, 15) is 0 Å². The maximum atomic E-state index is 5.69. The van der Waals surface area contributed by atoms with Crippen molar-refractivity contribution < 1.29 is 9.47 Å². The molecule has 1 heterocycles. The van der Waals surface area contributed by atoms with Crippen LogP contribution in [-0.4, -0.2) is 19.3 Å². The molecule has 2 aromatic rings. The quantitative estimate of drug-likeness (QED) is 0.714. The fourth-order valence-corrected chi connectivity index (χ4v) is 2.46. The molecule has 1 aliphatic heterocycles. The average Bonchev–Trinajstić information content (AvgIpc) is 3.40. The molecular weight excluding hydrogens is 284 g/mol. The smallest absolute Gasteiger partial charge is 0.119 e. The zero-order chi connectivity index (χ0) is 16.9. The predicted octanol–water partition coefficient (Wildman–Crippen LogP) is 5.12. The first-order valence-electron chi connectivity index (χ1n) is 8.48. The maximum Gasteiger partial charge on any atom is 0.119 e. The minimum atomic E-state index is -0.00810. The van der Waals surface area contributed by atoms with Gasteiger partial charge in [-0.15, -0.1) is 0 Å². The van der Waals surface area contributed by atoms with Gasteiger partial charge in [-0.3, -0.25) is 0 Å². The zero-order valence-electron chi connectivity index (χ0n) is 14.9. The highest BCUT2D eigenvalue weighted by Crippen LogP contribution is 2.32. The van der Waals surface area contributed by atoms with Crippen molar-refractivity contribution in [2.24, 2.45) is 0 Å². The molecule has 3 rings (SSSR count). The molecule has 0 radical (unpaired) electrons. The van der Waals surface area contributed by atoms with E-state index in [-0.39, 0.29) is 5.41 Å². The van der Waals surface area contributed by atoms with Crippen LogP contribution in [0.5, 0.6) is 5.75 Å². The SMILES string of the molecule is CC.Cc1ccc(C(C)(C)c2ccc(OCC3CO3)cc2)cc1. The second-order valence-electron chi connectivity index (χ2n) is 6.28. The van der Waals surface area contributed by atoms with Crippen LogP contribution in [0.1, 0.15) is 44.4 Å². The topological polar surface area (TPSA) is 21.8 Å². The normalized spacial score (nSPS) is 16.3. The van der Waals surface area contributed by atoms with Crippen molar-refractivity contribution in [3.05, 3.63) is 65.2 Å². The van der Waals surface area contributed by atoms with E-state index < -0.39 is 0 Å². The summed E-state index contributed by atoms with van der Waals surface area (Å²) in [6.45, 7) is 12.1. The Labute approximate surface area is 140 Å². The highest BCUT2D eigenvalue weighted by molar-refractivity contribution is 5.40. The summed E-state index contributed by atoms with van der Waals surface area (Å²) in [6, 6.07) is 17.2. The van der Waals surface area contributed by atoms with E-state index in [1.807, 2.05) is 26.0 Å². The Hall–Kier alpha value is -1.80. The van der Waals surface area contributed by atoms with Crippen molar-refractivity contribution in [1.82, 2.24) is 0 Å². The van der Waals surface area contributed by atoms with Crippen LogP contribution in [0.15, 0.2) is 48.5 Å². The van der Waals surface area contributed by atoms with Gasteiger partial charge in [-0.05, 0) is 30.2 Å². The van der Waals surface area contributed by atoms with E-state index in [0.29, 0.717) is 12.7 Å². The lowest BCUT2D eigenvalue weighted by atomic mass is 9.78. The minimum Gasteiger partial charge on any atom is -0.491 e. The van der Waals surface area contributed by atoms with E-state index >= 15 is 0 Å². The molecule has 1 aliphatic rings. The summed E-state index contributed by atoms with van der Waals surface area (Å²) in [5.41, 5.74) is 3.90. The number of hydrogen-bond donors (Lipinski definition) is 0. The van der Waals surface area contributed by atoms with Gasteiger partial charge in [0, 0.05) is 5.41 Å². The lowest BCUT2D eigenvalue weighted by Crippen LogP contribution is -2.18. The van der Waals surface area contributed by atoms with Gasteiger partial charge in [-0.25, -0.2) is 0 Å². The van der Waals surface area contributed by atoms with Gasteiger partial charge in [0.25, 0.3) is 0 Å². The Balaban J connectivity index is 0.000000924. The van der Waals surface area contributed by atoms with Crippen LogP contribution in [0.2, 0.25) is 0 Å². The third kappa shape index (κ3) is 4.59. The first-order valence-corrected chi connectivity index (χ1v) is 8.48. The van der Waals surface area contributed by atoms with Gasteiger partial charge in [0.2, 0.25) is 0 Å². The third-order valence-corrected chi connectivity index (χ3v) is 4.19. The molecule has 1 atom stereocenters. The van der Waals surface area contributed by atoms with Crippen molar-refractivity contribution in [2.45, 2.75) is 46.1 Å². The minimum absolute atomic E-state index is 0.00810. The predicted molar refractivity (Wildman–Crippen MR) is 96.3 cm³/mol. The second-order valence-corrected chi connectivity index (χ2v) is 6.28. The zero-order valence-corrected chi connectivity index (χ0v) is 14.9. The number of ether oxygens (including phenoxy) is 2. The molecule has 0 N–H and O–H groups in total. The van der Waals surface area contributed by atoms with E-state index in [4.69, 9.17) is 9.47 Å². The van der Waals surface area contributed by atoms with E-state index in [1.165, 1.54) is 16.7 Å². The van der Waals surface area contributed by atoms with Gasteiger partial charge in [0.15, 0.2) is 0 Å². The maximum absolute atomic E-state index is 5.69. The highest BCUT2D eigenvalue weighted by Gasteiger charge is 2.24. The Bertz CT molecular complexity index is 593. The Kier molecular flexibility index (Phi) is 5.84. The van der Waals surface area contributed by atoms with Crippen LogP contribution in [0.3, 0.4) is 0 Å². The largest absolute Gasteiger partial charge is 0.491 e. The summed E-state index contributed by atoms with van der Waals surface area (Å²) in [6.07, 6.45) is 0.300. The number of epoxide rings is 1. The van der Waals surface area contributed by atoms with Crippen LogP contribution in [-0.2, 0) is 10.2 Å². The van der Waals surface area contributed by atoms with Crippen LogP contribution in [0, 0.1) is 6.92 Å². The highest BCUT2D eigenvalue weighted by atomic mass is 16.6. The molecule has 0 saturated carbocycles. The van der Waals surface area contributed by atoms with Crippen LogP contribution >= 0.6 is 0 Å². The first-order chi connectivity index (χ1) is 11.1. The van der Waals surface area contributed by atoms with Crippen molar-refractivity contribution >= 4 is 0 Å². The van der Waals surface area contributed by atoms with Crippen LogP contribution < -0.4 is 4.74 Å². The lowest BCUT2D eigenvalue weighted by Gasteiger charge is -2.26. The number of aryl methyl sites for hydroxylation is 1. The molecule has 2 aromatic carbocycles. The standard InChI is InChI=1S/C19H22O2.C2H6/c1-14-4-6-15(7-5-14)19(2,3)16-8-10-17(11-9-16)20-12-18-13-21-18;1-2/h4-11,18H,12-13H2,1-3H3;1-2H3. The summed E-state index contributed by atoms with van der Waals surface area (Å²) >= 11 is 0. The number of rotatable bonds is 5. The summed E-state index contributed by atoms with van der Waals surface area (Å²) in [7, 11) is 0. The van der Waals surface area contributed by atoms with Crippen molar-refractivity contribution in [1.29, 1.82) is 0 Å². The second kappa shape index (κ2) is 7.65. The van der Waals surface area contributed by atoms with Crippen molar-refractivity contribution in [2.75, 3.05) is 13.2 Å². The average molecular weight is 312 g/mol. The molecule has 1 fully saturated rings. The van der Waals surface area contributed by atoms with Crippen LogP contribution in [0.4, 0.5) is 0 Å². The van der Waals surface area contributed by atoms with E-state index in [0.717, 1.165) is 12.4 Å². The van der Waals surface area contributed by atoms with Crippen LogP contribution in [0.25, 0.3) is 0 Å². The Morgan fingerprint density at radius 3 is 1.91 bits per heavy atom. The van der Waals surface area contributed by atoms with Gasteiger partial charge in [0.05, 0.1) is 6.61 Å². The molecule has 0 bridgehead atoms. The molecule has 1 unspecified atom stereocenters. The van der Waals surface area contributed by atoms with E-state index in [2.05, 4.69) is 57.2 Å².